The Bertz CT molecular complexity index is 2140. The monoisotopic (exact) mass is 506 g/mol. The maximum Gasteiger partial charge on any atom is -0.00139 e. The van der Waals surface area contributed by atoms with Gasteiger partial charge in [-0.1, -0.05) is 158 Å². The van der Waals surface area contributed by atoms with Crippen molar-refractivity contribution in [1.29, 1.82) is 0 Å². The van der Waals surface area contributed by atoms with Gasteiger partial charge in [0.2, 0.25) is 0 Å². The molecule has 8 aromatic carbocycles. The second-order valence-corrected chi connectivity index (χ2v) is 10.4. The zero-order valence-electron chi connectivity index (χ0n) is 22.0. The van der Waals surface area contributed by atoms with Crippen molar-refractivity contribution in [2.24, 2.45) is 0 Å². The van der Waals surface area contributed by atoms with E-state index in [1.807, 2.05) is 0 Å². The van der Waals surface area contributed by atoms with Crippen LogP contribution in [-0.4, -0.2) is 0 Å². The molecule has 40 heavy (non-hydrogen) atoms. The molecule has 8 rings (SSSR count). The highest BCUT2D eigenvalue weighted by atomic mass is 14.2. The molecule has 0 aliphatic carbocycles. The van der Waals surface area contributed by atoms with Crippen molar-refractivity contribution < 1.29 is 0 Å². The van der Waals surface area contributed by atoms with Gasteiger partial charge in [-0.3, -0.25) is 0 Å². The summed E-state index contributed by atoms with van der Waals surface area (Å²) in [5.41, 5.74) is 7.65. The van der Waals surface area contributed by atoms with Crippen molar-refractivity contribution in [2.45, 2.75) is 0 Å². The van der Waals surface area contributed by atoms with E-state index in [1.165, 1.54) is 76.5 Å². The maximum absolute atomic E-state index is 2.33. The molecule has 0 radical (unpaired) electrons. The van der Waals surface area contributed by atoms with Crippen molar-refractivity contribution in [1.82, 2.24) is 0 Å². The number of rotatable bonds is 3. The van der Waals surface area contributed by atoms with Crippen molar-refractivity contribution >= 4 is 43.1 Å². The third-order valence-corrected chi connectivity index (χ3v) is 8.25. The Kier molecular flexibility index (Phi) is 5.24. The minimum atomic E-state index is 1.24. The first-order chi connectivity index (χ1) is 19.9. The van der Waals surface area contributed by atoms with Crippen molar-refractivity contribution in [3.63, 3.8) is 0 Å². The van der Waals surface area contributed by atoms with Gasteiger partial charge in [-0.15, -0.1) is 0 Å². The van der Waals surface area contributed by atoms with E-state index in [0.29, 0.717) is 0 Å². The lowest BCUT2D eigenvalue weighted by Gasteiger charge is -2.21. The van der Waals surface area contributed by atoms with Gasteiger partial charge in [-0.05, 0) is 76.5 Å². The fourth-order valence-corrected chi connectivity index (χ4v) is 6.54. The summed E-state index contributed by atoms with van der Waals surface area (Å²) in [6.07, 6.45) is 0. The molecule has 0 amide bonds. The highest BCUT2D eigenvalue weighted by Gasteiger charge is 2.21. The van der Waals surface area contributed by atoms with E-state index in [4.69, 9.17) is 0 Å². The van der Waals surface area contributed by atoms with Crippen molar-refractivity contribution in [3.8, 4) is 33.4 Å². The zero-order valence-corrected chi connectivity index (χ0v) is 22.0. The normalized spacial score (nSPS) is 11.5. The van der Waals surface area contributed by atoms with Crippen molar-refractivity contribution in [3.05, 3.63) is 158 Å². The molecule has 0 atom stereocenters. The summed E-state index contributed by atoms with van der Waals surface area (Å²) in [7, 11) is 0. The molecule has 0 bridgehead atoms. The Hall–Kier alpha value is -5.20. The van der Waals surface area contributed by atoms with E-state index < -0.39 is 0 Å². The highest BCUT2D eigenvalue weighted by Crippen LogP contribution is 2.48. The van der Waals surface area contributed by atoms with E-state index in [0.717, 1.165) is 0 Å². The SMILES string of the molecule is c1ccc(-c2c3ccccc3c(-c3c(-c4cccc5ccccc45)ccc4ccccc34)c3ccccc23)cc1. The lowest BCUT2D eigenvalue weighted by molar-refractivity contribution is 1.65. The average molecular weight is 507 g/mol. The van der Waals surface area contributed by atoms with Crippen LogP contribution in [0.4, 0.5) is 0 Å². The van der Waals surface area contributed by atoms with Crippen LogP contribution in [0.3, 0.4) is 0 Å². The lowest BCUT2D eigenvalue weighted by Crippen LogP contribution is -1.94. The largest absolute Gasteiger partial charge is 0.0622 e. The van der Waals surface area contributed by atoms with Gasteiger partial charge in [-0.25, -0.2) is 0 Å². The highest BCUT2D eigenvalue weighted by molar-refractivity contribution is 6.25. The molecule has 0 N–H and O–H groups in total. The lowest BCUT2D eigenvalue weighted by atomic mass is 9.81. The molecule has 0 saturated heterocycles. The number of hydrogen-bond donors (Lipinski definition) is 0. The van der Waals surface area contributed by atoms with Gasteiger partial charge in [0.15, 0.2) is 0 Å². The second-order valence-electron chi connectivity index (χ2n) is 10.4. The summed E-state index contributed by atoms with van der Waals surface area (Å²) in [6.45, 7) is 0. The zero-order chi connectivity index (χ0) is 26.5. The molecule has 0 nitrogen and oxygen atoms in total. The smallest absolute Gasteiger partial charge is 0.00139 e. The molecule has 0 fully saturated rings. The summed E-state index contributed by atoms with van der Waals surface area (Å²) in [4.78, 5) is 0. The Morgan fingerprint density at radius 2 is 0.700 bits per heavy atom. The topological polar surface area (TPSA) is 0 Å². The summed E-state index contributed by atoms with van der Waals surface area (Å²) < 4.78 is 0. The first kappa shape index (κ1) is 22.8. The van der Waals surface area contributed by atoms with Gasteiger partial charge in [-0.2, -0.15) is 0 Å². The maximum atomic E-state index is 2.33. The average Bonchev–Trinajstić information content (AvgIpc) is 3.03. The Morgan fingerprint density at radius 1 is 0.225 bits per heavy atom. The Labute approximate surface area is 233 Å². The molecular weight excluding hydrogens is 480 g/mol. The molecule has 0 heteroatoms. The molecule has 0 aliphatic heterocycles. The molecule has 0 spiro atoms. The van der Waals surface area contributed by atoms with Gasteiger partial charge in [0.25, 0.3) is 0 Å². The third kappa shape index (κ3) is 3.47. The summed E-state index contributed by atoms with van der Waals surface area (Å²) in [6, 6.07) is 57.5. The van der Waals surface area contributed by atoms with E-state index in [-0.39, 0.29) is 0 Å². The summed E-state index contributed by atoms with van der Waals surface area (Å²) >= 11 is 0. The van der Waals surface area contributed by atoms with Gasteiger partial charge < -0.3 is 0 Å². The molecule has 0 unspecified atom stereocenters. The fraction of sp³-hybridized carbons (Fsp3) is 0. The van der Waals surface area contributed by atoms with Crippen LogP contribution in [-0.2, 0) is 0 Å². The summed E-state index contributed by atoms with van der Waals surface area (Å²) in [5.74, 6) is 0. The molecule has 0 heterocycles. The Morgan fingerprint density at radius 3 is 1.35 bits per heavy atom. The van der Waals surface area contributed by atoms with Crippen LogP contribution in [0.1, 0.15) is 0 Å². The van der Waals surface area contributed by atoms with Gasteiger partial charge in [0.05, 0.1) is 0 Å². The standard InChI is InChI=1S/C40H26/c1-2-15-29(16-3-1)38-33-20-8-10-22-35(33)40(36-23-11-9-21-34(36)38)39-31-19-7-5-14-28(31)25-26-37(39)32-24-12-17-27-13-4-6-18-30(27)32/h1-26H. The molecule has 8 aromatic rings. The minimum Gasteiger partial charge on any atom is -0.0622 e. The molecular formula is C40H26. The van der Waals surface area contributed by atoms with Crippen LogP contribution in [0, 0.1) is 0 Å². The van der Waals surface area contributed by atoms with E-state index in [2.05, 4.69) is 158 Å². The molecule has 186 valence electrons. The van der Waals surface area contributed by atoms with Gasteiger partial charge >= 0.3 is 0 Å². The molecule has 0 aromatic heterocycles. The van der Waals surface area contributed by atoms with Crippen LogP contribution in [0.5, 0.6) is 0 Å². The predicted molar refractivity (Wildman–Crippen MR) is 173 cm³/mol. The number of fused-ring (bicyclic) bond motifs is 4. The van der Waals surface area contributed by atoms with Crippen LogP contribution < -0.4 is 0 Å². The van der Waals surface area contributed by atoms with E-state index in [9.17, 15) is 0 Å². The fourth-order valence-electron chi connectivity index (χ4n) is 6.54. The van der Waals surface area contributed by atoms with Crippen LogP contribution in [0.25, 0.3) is 76.5 Å². The Balaban J connectivity index is 1.60. The molecule has 0 aliphatic rings. The third-order valence-electron chi connectivity index (χ3n) is 8.25. The quantitative estimate of drug-likeness (QED) is 0.209. The van der Waals surface area contributed by atoms with Crippen LogP contribution in [0.2, 0.25) is 0 Å². The van der Waals surface area contributed by atoms with Gasteiger partial charge in [0, 0.05) is 0 Å². The molecule has 0 saturated carbocycles. The van der Waals surface area contributed by atoms with Crippen LogP contribution >= 0.6 is 0 Å². The summed E-state index contributed by atoms with van der Waals surface area (Å²) in [5, 5.41) is 10.2. The second kappa shape index (κ2) is 9.22. The predicted octanol–water partition coefficient (Wildman–Crippen LogP) is 11.3. The van der Waals surface area contributed by atoms with Gasteiger partial charge in [0.1, 0.15) is 0 Å². The van der Waals surface area contributed by atoms with E-state index in [1.54, 1.807) is 0 Å². The van der Waals surface area contributed by atoms with Crippen molar-refractivity contribution in [2.75, 3.05) is 0 Å². The number of hydrogen-bond acceptors (Lipinski definition) is 0. The minimum absolute atomic E-state index is 1.24. The van der Waals surface area contributed by atoms with Crippen LogP contribution in [0.15, 0.2) is 158 Å². The number of benzene rings is 8. The first-order valence-corrected chi connectivity index (χ1v) is 13.9. The first-order valence-electron chi connectivity index (χ1n) is 13.9. The van der Waals surface area contributed by atoms with E-state index >= 15 is 0 Å².